The summed E-state index contributed by atoms with van der Waals surface area (Å²) in [4.78, 5) is 10.3. The summed E-state index contributed by atoms with van der Waals surface area (Å²) in [6.07, 6.45) is 2.53. The van der Waals surface area contributed by atoms with Gasteiger partial charge in [0.15, 0.2) is 0 Å². The van der Waals surface area contributed by atoms with Gasteiger partial charge in [0.25, 0.3) is 5.69 Å². The molecular weight excluding hydrogens is 331 g/mol. The van der Waals surface area contributed by atoms with Crippen molar-refractivity contribution in [2.45, 2.75) is 26.2 Å². The molecular formula is C13H18BrFN2O3. The molecule has 20 heavy (non-hydrogen) atoms. The minimum Gasteiger partial charge on any atom is -0.396 e. The minimum absolute atomic E-state index is 0.0849. The number of aliphatic hydroxyl groups excluding tert-OH is 1. The number of aliphatic hydroxyl groups is 1. The van der Waals surface area contributed by atoms with Crippen LogP contribution in [-0.4, -0.2) is 23.2 Å². The molecule has 0 spiro atoms. The second-order valence-electron chi connectivity index (χ2n) is 4.59. The average molecular weight is 349 g/mol. The third-order valence-corrected chi connectivity index (χ3v) is 3.66. The van der Waals surface area contributed by atoms with Crippen molar-refractivity contribution in [3.63, 3.8) is 0 Å². The van der Waals surface area contributed by atoms with Crippen LogP contribution in [0.1, 0.15) is 26.2 Å². The maximum atomic E-state index is 13.3. The maximum absolute atomic E-state index is 13.3. The van der Waals surface area contributed by atoms with Gasteiger partial charge in [0.05, 0.1) is 15.5 Å². The van der Waals surface area contributed by atoms with Gasteiger partial charge in [-0.25, -0.2) is 4.39 Å². The van der Waals surface area contributed by atoms with E-state index < -0.39 is 10.7 Å². The van der Waals surface area contributed by atoms with Gasteiger partial charge in [0.2, 0.25) is 0 Å². The van der Waals surface area contributed by atoms with Crippen molar-refractivity contribution in [1.29, 1.82) is 0 Å². The molecule has 0 saturated carbocycles. The van der Waals surface area contributed by atoms with Crippen LogP contribution >= 0.6 is 15.9 Å². The smallest absolute Gasteiger partial charge is 0.295 e. The topological polar surface area (TPSA) is 75.4 Å². The molecule has 0 amide bonds. The first-order valence-corrected chi connectivity index (χ1v) is 7.27. The summed E-state index contributed by atoms with van der Waals surface area (Å²) < 4.78 is 13.5. The van der Waals surface area contributed by atoms with E-state index in [2.05, 4.69) is 21.2 Å². The van der Waals surface area contributed by atoms with E-state index in [4.69, 9.17) is 5.11 Å². The highest BCUT2D eigenvalue weighted by Gasteiger charge is 2.18. The SMILES string of the molecule is CCCC(CCO)CNc1cc(Br)c(F)cc1[N+](=O)[O-]. The monoisotopic (exact) mass is 348 g/mol. The summed E-state index contributed by atoms with van der Waals surface area (Å²) in [5.74, 6) is -0.434. The molecule has 0 radical (unpaired) electrons. The van der Waals surface area contributed by atoms with E-state index in [0.717, 1.165) is 18.9 Å². The molecule has 1 aromatic rings. The normalized spacial score (nSPS) is 12.2. The third kappa shape index (κ3) is 4.72. The van der Waals surface area contributed by atoms with Gasteiger partial charge in [-0.1, -0.05) is 13.3 Å². The number of rotatable bonds is 8. The molecule has 1 aromatic carbocycles. The van der Waals surface area contributed by atoms with Crippen LogP contribution in [0.15, 0.2) is 16.6 Å². The molecule has 0 heterocycles. The van der Waals surface area contributed by atoms with Crippen molar-refractivity contribution in [2.75, 3.05) is 18.5 Å². The second-order valence-corrected chi connectivity index (χ2v) is 5.44. The molecule has 0 saturated heterocycles. The molecule has 2 N–H and O–H groups in total. The summed E-state index contributed by atoms with van der Waals surface area (Å²) in [6.45, 7) is 2.64. The Balaban J connectivity index is 2.85. The van der Waals surface area contributed by atoms with E-state index in [1.54, 1.807) is 0 Å². The fraction of sp³-hybridized carbons (Fsp3) is 0.538. The molecule has 7 heteroatoms. The number of nitrogens with one attached hydrogen (secondary N) is 1. The van der Waals surface area contributed by atoms with Crippen molar-refractivity contribution in [3.05, 3.63) is 32.5 Å². The number of nitrogens with zero attached hydrogens (tertiary/aromatic N) is 1. The summed E-state index contributed by atoms with van der Waals surface area (Å²) in [5, 5.41) is 22.9. The van der Waals surface area contributed by atoms with Crippen molar-refractivity contribution < 1.29 is 14.4 Å². The number of halogens is 2. The van der Waals surface area contributed by atoms with Crippen molar-refractivity contribution in [2.24, 2.45) is 5.92 Å². The molecule has 1 unspecified atom stereocenters. The molecule has 0 aliphatic rings. The lowest BCUT2D eigenvalue weighted by molar-refractivity contribution is -0.384. The van der Waals surface area contributed by atoms with Crippen LogP contribution in [-0.2, 0) is 0 Å². The first-order chi connectivity index (χ1) is 9.49. The Morgan fingerprint density at radius 3 is 2.75 bits per heavy atom. The van der Waals surface area contributed by atoms with Gasteiger partial charge in [-0.05, 0) is 40.8 Å². The van der Waals surface area contributed by atoms with Gasteiger partial charge in [-0.2, -0.15) is 0 Å². The number of nitro groups is 1. The quantitative estimate of drug-likeness (QED) is 0.554. The molecule has 1 rings (SSSR count). The molecule has 1 atom stereocenters. The summed E-state index contributed by atoms with van der Waals surface area (Å²) in [5.41, 5.74) is -0.00716. The Morgan fingerprint density at radius 1 is 1.50 bits per heavy atom. The van der Waals surface area contributed by atoms with Gasteiger partial charge in [-0.15, -0.1) is 0 Å². The van der Waals surface area contributed by atoms with E-state index in [1.807, 2.05) is 6.92 Å². The van der Waals surface area contributed by atoms with Gasteiger partial charge >= 0.3 is 0 Å². The Labute approximate surface area is 125 Å². The first kappa shape index (κ1) is 16.8. The lowest BCUT2D eigenvalue weighted by Crippen LogP contribution is -2.16. The summed E-state index contributed by atoms with van der Waals surface area (Å²) in [7, 11) is 0. The fourth-order valence-electron chi connectivity index (χ4n) is 2.02. The van der Waals surface area contributed by atoms with Crippen LogP contribution in [0.4, 0.5) is 15.8 Å². The van der Waals surface area contributed by atoms with Crippen molar-refractivity contribution >= 4 is 27.3 Å². The highest BCUT2D eigenvalue weighted by atomic mass is 79.9. The molecule has 0 fully saturated rings. The van der Waals surface area contributed by atoms with Crippen molar-refractivity contribution in [1.82, 2.24) is 0 Å². The molecule has 0 aliphatic carbocycles. The second kappa shape index (κ2) is 8.16. The van der Waals surface area contributed by atoms with Crippen LogP contribution in [0.2, 0.25) is 0 Å². The van der Waals surface area contributed by atoms with E-state index in [1.165, 1.54) is 6.07 Å². The maximum Gasteiger partial charge on any atom is 0.295 e. The molecule has 0 aromatic heterocycles. The van der Waals surface area contributed by atoms with Crippen LogP contribution in [0, 0.1) is 21.8 Å². The Morgan fingerprint density at radius 2 is 2.20 bits per heavy atom. The zero-order chi connectivity index (χ0) is 15.1. The molecule has 0 aliphatic heterocycles. The lowest BCUT2D eigenvalue weighted by Gasteiger charge is -2.16. The lowest BCUT2D eigenvalue weighted by atomic mass is 10.00. The summed E-state index contributed by atoms with van der Waals surface area (Å²) in [6, 6.07) is 2.27. The average Bonchev–Trinajstić information content (AvgIpc) is 2.39. The van der Waals surface area contributed by atoms with E-state index >= 15 is 0 Å². The van der Waals surface area contributed by atoms with Crippen LogP contribution in [0.5, 0.6) is 0 Å². The van der Waals surface area contributed by atoms with Crippen LogP contribution < -0.4 is 5.32 Å². The molecule has 0 bridgehead atoms. The molecule has 112 valence electrons. The molecule has 5 nitrogen and oxygen atoms in total. The van der Waals surface area contributed by atoms with E-state index in [0.29, 0.717) is 13.0 Å². The third-order valence-electron chi connectivity index (χ3n) is 3.05. The van der Waals surface area contributed by atoms with Gasteiger partial charge in [-0.3, -0.25) is 10.1 Å². The number of anilines is 1. The predicted octanol–water partition coefficient (Wildman–Crippen LogP) is 3.71. The van der Waals surface area contributed by atoms with Crippen LogP contribution in [0.25, 0.3) is 0 Å². The number of hydrogen-bond donors (Lipinski definition) is 2. The zero-order valence-electron chi connectivity index (χ0n) is 11.2. The first-order valence-electron chi connectivity index (χ1n) is 6.47. The van der Waals surface area contributed by atoms with E-state index in [-0.39, 0.29) is 28.4 Å². The van der Waals surface area contributed by atoms with Crippen molar-refractivity contribution in [3.8, 4) is 0 Å². The largest absolute Gasteiger partial charge is 0.396 e. The Hall–Kier alpha value is -1.21. The standard InChI is InChI=1S/C13H18BrFN2O3/c1-2-3-9(4-5-18)8-16-12-6-10(14)11(15)7-13(12)17(19)20/h6-7,9,16,18H,2-5,8H2,1H3. The fourth-order valence-corrected chi connectivity index (χ4v) is 2.37. The predicted molar refractivity (Wildman–Crippen MR) is 79.3 cm³/mol. The van der Waals surface area contributed by atoms with Gasteiger partial charge < -0.3 is 10.4 Å². The Kier molecular flexibility index (Phi) is 6.87. The Bertz CT molecular complexity index is 465. The zero-order valence-corrected chi connectivity index (χ0v) is 12.8. The highest BCUT2D eigenvalue weighted by molar-refractivity contribution is 9.10. The summed E-state index contributed by atoms with van der Waals surface area (Å²) >= 11 is 3.02. The van der Waals surface area contributed by atoms with Crippen LogP contribution in [0.3, 0.4) is 0 Å². The highest BCUT2D eigenvalue weighted by Crippen LogP contribution is 2.31. The van der Waals surface area contributed by atoms with Gasteiger partial charge in [0, 0.05) is 13.2 Å². The minimum atomic E-state index is -0.664. The number of benzene rings is 1. The number of hydrogen-bond acceptors (Lipinski definition) is 4. The van der Waals surface area contributed by atoms with Gasteiger partial charge in [0.1, 0.15) is 11.5 Å². The van der Waals surface area contributed by atoms with E-state index in [9.17, 15) is 14.5 Å². The number of nitro benzene ring substituents is 1.